The van der Waals surface area contributed by atoms with Crippen LogP contribution in [0.5, 0.6) is 11.5 Å². The van der Waals surface area contributed by atoms with Crippen molar-refractivity contribution >= 4 is 17.3 Å². The fourth-order valence-corrected chi connectivity index (χ4v) is 3.85. The molecule has 154 valence electrons. The standard InChI is InChI=1S/C25H26N2O3/c1-29-21-13-14-22(24(16-21)30-2)26-25(28)20-11-9-18(10-12-20)17-27-15-5-7-19-6-3-4-8-23(19)27/h3-4,6,8-14,16H,5,7,15,17H2,1-2H3,(H,26,28). The molecular formula is C25H26N2O3. The molecule has 4 rings (SSSR count). The van der Waals surface area contributed by atoms with Crippen LogP contribution in [0.4, 0.5) is 11.4 Å². The first-order chi connectivity index (χ1) is 14.7. The number of nitrogens with zero attached hydrogens (tertiary/aromatic N) is 1. The normalized spacial score (nSPS) is 12.8. The van der Waals surface area contributed by atoms with Crippen molar-refractivity contribution in [2.45, 2.75) is 19.4 Å². The van der Waals surface area contributed by atoms with E-state index in [1.54, 1.807) is 32.4 Å². The number of hydrogen-bond donors (Lipinski definition) is 1. The zero-order valence-electron chi connectivity index (χ0n) is 17.4. The van der Waals surface area contributed by atoms with Gasteiger partial charge in [0, 0.05) is 30.4 Å². The molecule has 0 spiro atoms. The minimum Gasteiger partial charge on any atom is -0.497 e. The summed E-state index contributed by atoms with van der Waals surface area (Å²) in [6.45, 7) is 1.89. The maximum Gasteiger partial charge on any atom is 0.255 e. The maximum atomic E-state index is 12.7. The average molecular weight is 402 g/mol. The number of ether oxygens (including phenoxy) is 2. The van der Waals surface area contributed by atoms with E-state index in [2.05, 4.69) is 34.5 Å². The summed E-state index contributed by atoms with van der Waals surface area (Å²) < 4.78 is 10.6. The predicted molar refractivity (Wildman–Crippen MR) is 120 cm³/mol. The Morgan fingerprint density at radius 1 is 1.00 bits per heavy atom. The number of rotatable bonds is 6. The largest absolute Gasteiger partial charge is 0.497 e. The first-order valence-electron chi connectivity index (χ1n) is 10.1. The number of carbonyl (C=O) groups is 1. The molecule has 1 heterocycles. The van der Waals surface area contributed by atoms with Crippen molar-refractivity contribution in [3.8, 4) is 11.5 Å². The molecule has 0 fully saturated rings. The summed E-state index contributed by atoms with van der Waals surface area (Å²) in [5.74, 6) is 1.06. The van der Waals surface area contributed by atoms with E-state index in [9.17, 15) is 4.79 Å². The Bertz CT molecular complexity index is 1030. The monoisotopic (exact) mass is 402 g/mol. The Kier molecular flexibility index (Phi) is 5.89. The smallest absolute Gasteiger partial charge is 0.255 e. The number of carbonyl (C=O) groups excluding carboxylic acids is 1. The SMILES string of the molecule is COc1ccc(NC(=O)c2ccc(CN3CCCc4ccccc43)cc2)c(OC)c1. The van der Waals surface area contributed by atoms with Crippen LogP contribution in [0.25, 0.3) is 0 Å². The van der Waals surface area contributed by atoms with Crippen LogP contribution in [0.15, 0.2) is 66.7 Å². The Morgan fingerprint density at radius 3 is 2.57 bits per heavy atom. The summed E-state index contributed by atoms with van der Waals surface area (Å²) in [7, 11) is 3.16. The van der Waals surface area contributed by atoms with Gasteiger partial charge in [-0.3, -0.25) is 4.79 Å². The van der Waals surface area contributed by atoms with E-state index in [0.29, 0.717) is 22.7 Å². The third-order valence-electron chi connectivity index (χ3n) is 5.45. The number of fused-ring (bicyclic) bond motifs is 1. The highest BCUT2D eigenvalue weighted by molar-refractivity contribution is 6.05. The molecule has 0 bridgehead atoms. The second-order valence-electron chi connectivity index (χ2n) is 7.37. The van der Waals surface area contributed by atoms with Gasteiger partial charge in [0.15, 0.2) is 0 Å². The van der Waals surface area contributed by atoms with Gasteiger partial charge in [0.2, 0.25) is 0 Å². The van der Waals surface area contributed by atoms with E-state index in [4.69, 9.17) is 9.47 Å². The van der Waals surface area contributed by atoms with E-state index >= 15 is 0 Å². The molecule has 30 heavy (non-hydrogen) atoms. The number of anilines is 2. The highest BCUT2D eigenvalue weighted by Gasteiger charge is 2.17. The summed E-state index contributed by atoms with van der Waals surface area (Å²) in [6, 6.07) is 21.7. The second kappa shape index (κ2) is 8.91. The third-order valence-corrected chi connectivity index (χ3v) is 5.45. The van der Waals surface area contributed by atoms with Gasteiger partial charge in [-0.25, -0.2) is 0 Å². The minimum absolute atomic E-state index is 0.173. The molecule has 0 saturated carbocycles. The average Bonchev–Trinajstić information content (AvgIpc) is 2.80. The van der Waals surface area contributed by atoms with E-state index in [1.807, 2.05) is 24.3 Å². The van der Waals surface area contributed by atoms with Crippen molar-refractivity contribution in [1.29, 1.82) is 0 Å². The molecule has 0 atom stereocenters. The highest BCUT2D eigenvalue weighted by Crippen LogP contribution is 2.30. The molecule has 3 aromatic carbocycles. The Labute approximate surface area is 177 Å². The quantitative estimate of drug-likeness (QED) is 0.637. The van der Waals surface area contributed by atoms with Gasteiger partial charge in [-0.15, -0.1) is 0 Å². The molecule has 0 unspecified atom stereocenters. The van der Waals surface area contributed by atoms with Gasteiger partial charge in [-0.05, 0) is 54.3 Å². The third kappa shape index (κ3) is 4.25. The number of amides is 1. The molecule has 1 amide bonds. The molecule has 5 heteroatoms. The predicted octanol–water partition coefficient (Wildman–Crippen LogP) is 4.91. The van der Waals surface area contributed by atoms with Gasteiger partial charge in [0.25, 0.3) is 5.91 Å². The molecule has 1 N–H and O–H groups in total. The highest BCUT2D eigenvalue weighted by atomic mass is 16.5. The van der Waals surface area contributed by atoms with Gasteiger partial charge in [-0.1, -0.05) is 30.3 Å². The van der Waals surface area contributed by atoms with Crippen molar-refractivity contribution in [2.24, 2.45) is 0 Å². The van der Waals surface area contributed by atoms with Crippen LogP contribution in [0.3, 0.4) is 0 Å². The van der Waals surface area contributed by atoms with E-state index in [0.717, 1.165) is 19.5 Å². The first kappa shape index (κ1) is 19.8. The van der Waals surface area contributed by atoms with Crippen molar-refractivity contribution in [1.82, 2.24) is 0 Å². The number of para-hydroxylation sites is 1. The van der Waals surface area contributed by atoms with Crippen LogP contribution in [-0.2, 0) is 13.0 Å². The Morgan fingerprint density at radius 2 is 1.80 bits per heavy atom. The van der Waals surface area contributed by atoms with Crippen molar-refractivity contribution < 1.29 is 14.3 Å². The molecule has 1 aliphatic rings. The molecule has 0 aliphatic carbocycles. The molecule has 1 aliphatic heterocycles. The fraction of sp³-hybridized carbons (Fsp3) is 0.240. The number of aryl methyl sites for hydroxylation is 1. The van der Waals surface area contributed by atoms with Crippen LogP contribution < -0.4 is 19.7 Å². The first-order valence-corrected chi connectivity index (χ1v) is 10.1. The molecule has 5 nitrogen and oxygen atoms in total. The lowest BCUT2D eigenvalue weighted by Gasteiger charge is -2.31. The zero-order chi connectivity index (χ0) is 20.9. The van der Waals surface area contributed by atoms with Crippen LogP contribution in [0.1, 0.15) is 27.9 Å². The molecule has 0 radical (unpaired) electrons. The summed E-state index contributed by atoms with van der Waals surface area (Å²) in [4.78, 5) is 15.1. The van der Waals surface area contributed by atoms with Gasteiger partial charge in [-0.2, -0.15) is 0 Å². The summed E-state index contributed by atoms with van der Waals surface area (Å²) in [5.41, 5.74) is 5.13. The summed E-state index contributed by atoms with van der Waals surface area (Å²) in [6.07, 6.45) is 2.31. The lowest BCUT2D eigenvalue weighted by molar-refractivity contribution is 0.102. The van der Waals surface area contributed by atoms with Gasteiger partial charge < -0.3 is 19.7 Å². The lowest BCUT2D eigenvalue weighted by Crippen LogP contribution is -2.28. The summed E-state index contributed by atoms with van der Waals surface area (Å²) in [5, 5.41) is 2.91. The fourth-order valence-electron chi connectivity index (χ4n) is 3.85. The van der Waals surface area contributed by atoms with Crippen molar-refractivity contribution in [2.75, 3.05) is 31.0 Å². The Hall–Kier alpha value is -3.47. The van der Waals surface area contributed by atoms with Crippen LogP contribution in [0, 0.1) is 0 Å². The van der Waals surface area contributed by atoms with Gasteiger partial charge >= 0.3 is 0 Å². The number of nitrogens with one attached hydrogen (secondary N) is 1. The van der Waals surface area contributed by atoms with E-state index in [-0.39, 0.29) is 5.91 Å². The summed E-state index contributed by atoms with van der Waals surface area (Å²) >= 11 is 0. The van der Waals surface area contributed by atoms with Crippen molar-refractivity contribution in [3.05, 3.63) is 83.4 Å². The van der Waals surface area contributed by atoms with Crippen molar-refractivity contribution in [3.63, 3.8) is 0 Å². The number of methoxy groups -OCH3 is 2. The van der Waals surface area contributed by atoms with Crippen LogP contribution in [-0.4, -0.2) is 26.7 Å². The minimum atomic E-state index is -0.173. The molecule has 3 aromatic rings. The van der Waals surface area contributed by atoms with E-state index in [1.165, 1.54) is 23.2 Å². The van der Waals surface area contributed by atoms with Gasteiger partial charge in [0.1, 0.15) is 11.5 Å². The lowest BCUT2D eigenvalue weighted by atomic mass is 10.0. The zero-order valence-corrected chi connectivity index (χ0v) is 17.4. The molecule has 0 aromatic heterocycles. The molecular weight excluding hydrogens is 376 g/mol. The Balaban J connectivity index is 1.45. The number of benzene rings is 3. The van der Waals surface area contributed by atoms with Crippen LogP contribution >= 0.6 is 0 Å². The molecule has 0 saturated heterocycles. The van der Waals surface area contributed by atoms with Crippen LogP contribution in [0.2, 0.25) is 0 Å². The number of hydrogen-bond acceptors (Lipinski definition) is 4. The van der Waals surface area contributed by atoms with E-state index < -0.39 is 0 Å². The second-order valence-corrected chi connectivity index (χ2v) is 7.37. The topological polar surface area (TPSA) is 50.8 Å². The van der Waals surface area contributed by atoms with Gasteiger partial charge in [0.05, 0.1) is 19.9 Å². The maximum absolute atomic E-state index is 12.7.